The van der Waals surface area contributed by atoms with Crippen LogP contribution >= 0.6 is 27.3 Å². The molecule has 1 heterocycles. The number of carbonyl (C=O) groups excluding carboxylic acids is 1. The van der Waals surface area contributed by atoms with Crippen LogP contribution in [-0.2, 0) is 12.6 Å². The summed E-state index contributed by atoms with van der Waals surface area (Å²) in [5.74, 6) is -0.375. The smallest absolute Gasteiger partial charge is 0.293 e. The second kappa shape index (κ2) is 5.42. The van der Waals surface area contributed by atoms with Gasteiger partial charge in [0.05, 0.1) is 4.88 Å². The zero-order valence-electron chi connectivity index (χ0n) is 9.37. The summed E-state index contributed by atoms with van der Waals surface area (Å²) in [5.41, 5.74) is 0.731. The largest absolute Gasteiger partial charge is 0.443 e. The number of nitrogens with zero attached hydrogens (tertiary/aromatic N) is 1. The van der Waals surface area contributed by atoms with Crippen LogP contribution in [0.2, 0.25) is 0 Å². The fraction of sp³-hybridized carbons (Fsp3) is 0.167. The molecule has 2 rings (SSSR count). The molecule has 0 amide bonds. The quantitative estimate of drug-likeness (QED) is 0.771. The fourth-order valence-corrected chi connectivity index (χ4v) is 2.58. The van der Waals surface area contributed by atoms with Crippen molar-refractivity contribution in [2.45, 2.75) is 12.6 Å². The lowest BCUT2D eigenvalue weighted by Crippen LogP contribution is -2.03. The first-order chi connectivity index (χ1) is 8.88. The number of benzene rings is 1. The van der Waals surface area contributed by atoms with E-state index in [4.69, 9.17) is 0 Å². The van der Waals surface area contributed by atoms with Gasteiger partial charge in [-0.1, -0.05) is 34.1 Å². The van der Waals surface area contributed by atoms with E-state index in [1.165, 1.54) is 0 Å². The Labute approximate surface area is 119 Å². The van der Waals surface area contributed by atoms with Crippen molar-refractivity contribution in [3.05, 3.63) is 50.4 Å². The van der Waals surface area contributed by atoms with E-state index in [9.17, 15) is 18.0 Å². The molecule has 19 heavy (non-hydrogen) atoms. The Bertz CT molecular complexity index is 609. The predicted molar refractivity (Wildman–Crippen MR) is 69.3 cm³/mol. The van der Waals surface area contributed by atoms with Crippen LogP contribution in [0, 0.1) is 0 Å². The normalized spacial score (nSPS) is 11.6. The van der Waals surface area contributed by atoms with Gasteiger partial charge in [-0.3, -0.25) is 4.79 Å². The van der Waals surface area contributed by atoms with E-state index >= 15 is 0 Å². The molecule has 0 spiro atoms. The summed E-state index contributed by atoms with van der Waals surface area (Å²) in [6.45, 7) is 0. The minimum Gasteiger partial charge on any atom is -0.293 e. The van der Waals surface area contributed by atoms with Crippen molar-refractivity contribution in [2.24, 2.45) is 0 Å². The third-order valence-corrected chi connectivity index (χ3v) is 4.19. The number of halogens is 4. The number of ketones is 1. The Kier molecular flexibility index (Phi) is 4.05. The molecule has 0 N–H and O–H groups in total. The summed E-state index contributed by atoms with van der Waals surface area (Å²) >= 11 is 3.66. The second-order valence-electron chi connectivity index (χ2n) is 3.72. The van der Waals surface area contributed by atoms with Crippen LogP contribution in [0.15, 0.2) is 34.9 Å². The van der Waals surface area contributed by atoms with Gasteiger partial charge in [0.1, 0.15) is 0 Å². The minimum atomic E-state index is -4.50. The Balaban J connectivity index is 2.17. The number of carbonyl (C=O) groups is 1. The molecule has 1 aromatic carbocycles. The lowest BCUT2D eigenvalue weighted by atomic mass is 10.1. The van der Waals surface area contributed by atoms with Crippen LogP contribution < -0.4 is 0 Å². The molecule has 100 valence electrons. The van der Waals surface area contributed by atoms with Gasteiger partial charge >= 0.3 is 6.18 Å². The lowest BCUT2D eigenvalue weighted by Gasteiger charge is -2.02. The molecule has 2 nitrogen and oxygen atoms in total. The molecule has 0 unspecified atom stereocenters. The molecule has 0 fully saturated rings. The zero-order valence-corrected chi connectivity index (χ0v) is 11.8. The van der Waals surface area contributed by atoms with Gasteiger partial charge < -0.3 is 0 Å². The molecule has 0 saturated heterocycles. The number of aromatic nitrogens is 1. The summed E-state index contributed by atoms with van der Waals surface area (Å²) in [5, 5.41) is -0.997. The van der Waals surface area contributed by atoms with Crippen molar-refractivity contribution in [1.29, 1.82) is 0 Å². The highest BCUT2D eigenvalue weighted by molar-refractivity contribution is 9.10. The van der Waals surface area contributed by atoms with Crippen molar-refractivity contribution < 1.29 is 18.0 Å². The van der Waals surface area contributed by atoms with E-state index in [-0.39, 0.29) is 17.1 Å². The number of alkyl halides is 3. The van der Waals surface area contributed by atoms with Crippen LogP contribution in [0.3, 0.4) is 0 Å². The van der Waals surface area contributed by atoms with Gasteiger partial charge in [-0.2, -0.15) is 13.2 Å². The molecule has 2 aromatic rings. The van der Waals surface area contributed by atoms with Crippen LogP contribution in [0.25, 0.3) is 0 Å². The molecule has 0 radical (unpaired) electrons. The van der Waals surface area contributed by atoms with Crippen LogP contribution in [0.4, 0.5) is 13.2 Å². The van der Waals surface area contributed by atoms with E-state index < -0.39 is 11.2 Å². The average Bonchev–Trinajstić information content (AvgIpc) is 2.81. The van der Waals surface area contributed by atoms with Crippen LogP contribution in [-0.4, -0.2) is 10.8 Å². The molecule has 1 aromatic heterocycles. The number of hydrogen-bond donors (Lipinski definition) is 0. The molecule has 0 aliphatic rings. The van der Waals surface area contributed by atoms with Gasteiger partial charge in [0, 0.05) is 17.1 Å². The molecular formula is C12H7BrF3NOS. The third-order valence-electron chi connectivity index (χ3n) is 2.33. The number of rotatable bonds is 3. The molecule has 0 atom stereocenters. The van der Waals surface area contributed by atoms with Crippen molar-refractivity contribution >= 4 is 33.0 Å². The SMILES string of the molecule is O=C(Cc1ccccc1Br)c1cnc(C(F)(F)F)s1. The van der Waals surface area contributed by atoms with Gasteiger partial charge in [-0.15, -0.1) is 11.3 Å². The van der Waals surface area contributed by atoms with Crippen molar-refractivity contribution in [2.75, 3.05) is 0 Å². The lowest BCUT2D eigenvalue weighted by molar-refractivity contribution is -0.137. The number of Topliss-reactive ketones (excluding diaryl/α,β-unsaturated/α-hetero) is 1. The summed E-state index contributed by atoms with van der Waals surface area (Å²) < 4.78 is 37.9. The average molecular weight is 350 g/mol. The van der Waals surface area contributed by atoms with Gasteiger partial charge in [-0.25, -0.2) is 4.98 Å². The maximum absolute atomic E-state index is 12.4. The van der Waals surface area contributed by atoms with E-state index in [1.807, 2.05) is 0 Å². The van der Waals surface area contributed by atoms with Gasteiger partial charge in [0.25, 0.3) is 0 Å². The second-order valence-corrected chi connectivity index (χ2v) is 5.60. The van der Waals surface area contributed by atoms with Crippen molar-refractivity contribution in [1.82, 2.24) is 4.98 Å². The van der Waals surface area contributed by atoms with Crippen molar-refractivity contribution in [3.63, 3.8) is 0 Å². The molecule has 0 aliphatic heterocycles. The zero-order chi connectivity index (χ0) is 14.0. The van der Waals surface area contributed by atoms with E-state index in [2.05, 4.69) is 20.9 Å². The number of hydrogen-bond acceptors (Lipinski definition) is 3. The van der Waals surface area contributed by atoms with Gasteiger partial charge in [0.2, 0.25) is 0 Å². The fourth-order valence-electron chi connectivity index (χ4n) is 1.44. The van der Waals surface area contributed by atoms with E-state index in [1.54, 1.807) is 24.3 Å². The van der Waals surface area contributed by atoms with Gasteiger partial charge in [-0.05, 0) is 11.6 Å². The summed E-state index contributed by atoms with van der Waals surface area (Å²) in [6.07, 6.45) is -3.48. The van der Waals surface area contributed by atoms with Crippen molar-refractivity contribution in [3.8, 4) is 0 Å². The maximum Gasteiger partial charge on any atom is 0.443 e. The Hall–Kier alpha value is -1.21. The standard InChI is InChI=1S/C12H7BrF3NOS/c13-8-4-2-1-3-7(8)5-9(18)10-6-17-11(19-10)12(14,15)16/h1-4,6H,5H2. The Morgan fingerprint density at radius 1 is 1.32 bits per heavy atom. The molecule has 0 aliphatic carbocycles. The topological polar surface area (TPSA) is 30.0 Å². The molecule has 0 saturated carbocycles. The highest BCUT2D eigenvalue weighted by Gasteiger charge is 2.35. The highest BCUT2D eigenvalue weighted by Crippen LogP contribution is 2.33. The van der Waals surface area contributed by atoms with Gasteiger partial charge in [0.15, 0.2) is 10.8 Å². The first-order valence-corrected chi connectivity index (χ1v) is 6.78. The first-order valence-electron chi connectivity index (χ1n) is 5.17. The molecule has 7 heteroatoms. The van der Waals surface area contributed by atoms with Crippen LogP contribution in [0.1, 0.15) is 20.2 Å². The maximum atomic E-state index is 12.4. The van der Waals surface area contributed by atoms with Crippen LogP contribution in [0.5, 0.6) is 0 Å². The summed E-state index contributed by atoms with van der Waals surface area (Å²) in [4.78, 5) is 15.1. The molecule has 0 bridgehead atoms. The molecular weight excluding hydrogens is 343 g/mol. The van der Waals surface area contributed by atoms with E-state index in [0.29, 0.717) is 11.3 Å². The third kappa shape index (κ3) is 3.42. The highest BCUT2D eigenvalue weighted by atomic mass is 79.9. The minimum absolute atomic E-state index is 0.0167. The predicted octanol–water partition coefficient (Wildman–Crippen LogP) is 4.35. The number of thiazole rings is 1. The summed E-state index contributed by atoms with van der Waals surface area (Å²) in [7, 11) is 0. The van der Waals surface area contributed by atoms with E-state index in [0.717, 1.165) is 16.2 Å². The Morgan fingerprint density at radius 3 is 2.58 bits per heavy atom. The Morgan fingerprint density at radius 2 is 2.00 bits per heavy atom. The monoisotopic (exact) mass is 349 g/mol. The first kappa shape index (κ1) is 14.2. The summed E-state index contributed by atoms with van der Waals surface area (Å²) in [6, 6.07) is 7.08.